The van der Waals surface area contributed by atoms with Crippen molar-refractivity contribution >= 4 is 21.6 Å². The van der Waals surface area contributed by atoms with E-state index in [9.17, 15) is 8.42 Å². The average molecular weight is 332 g/mol. The van der Waals surface area contributed by atoms with E-state index >= 15 is 0 Å². The lowest BCUT2D eigenvalue weighted by Crippen LogP contribution is -2.43. The van der Waals surface area contributed by atoms with E-state index in [0.29, 0.717) is 25.6 Å². The summed E-state index contributed by atoms with van der Waals surface area (Å²) in [5.74, 6) is 0.476. The Morgan fingerprint density at radius 3 is 2.57 bits per heavy atom. The van der Waals surface area contributed by atoms with Crippen molar-refractivity contribution in [3.8, 4) is 0 Å². The van der Waals surface area contributed by atoms with Crippen LogP contribution in [0.4, 0.5) is 0 Å². The van der Waals surface area contributed by atoms with Gasteiger partial charge >= 0.3 is 0 Å². The highest BCUT2D eigenvalue weighted by Gasteiger charge is 2.29. The van der Waals surface area contributed by atoms with Crippen LogP contribution in [0.5, 0.6) is 0 Å². The predicted octanol–water partition coefficient (Wildman–Crippen LogP) is 2.76. The van der Waals surface area contributed by atoms with E-state index in [0.717, 1.165) is 24.0 Å². The van der Waals surface area contributed by atoms with E-state index in [4.69, 9.17) is 16.3 Å². The topological polar surface area (TPSA) is 46.6 Å². The maximum atomic E-state index is 12.5. The Kier molecular flexibility index (Phi) is 6.05. The molecule has 0 saturated carbocycles. The van der Waals surface area contributed by atoms with Crippen LogP contribution < -0.4 is 0 Å². The highest BCUT2D eigenvalue weighted by molar-refractivity contribution is 7.88. The third-order valence-corrected chi connectivity index (χ3v) is 5.79. The van der Waals surface area contributed by atoms with E-state index in [-0.39, 0.29) is 11.9 Å². The van der Waals surface area contributed by atoms with Crippen LogP contribution in [-0.2, 0) is 26.4 Å². The van der Waals surface area contributed by atoms with Gasteiger partial charge in [0, 0.05) is 25.6 Å². The number of benzene rings is 1. The van der Waals surface area contributed by atoms with Crippen molar-refractivity contribution in [1.82, 2.24) is 4.31 Å². The van der Waals surface area contributed by atoms with E-state index in [1.54, 1.807) is 4.31 Å². The van der Waals surface area contributed by atoms with Gasteiger partial charge in [-0.15, -0.1) is 11.6 Å². The fourth-order valence-corrected chi connectivity index (χ4v) is 4.33. The molecule has 0 N–H and O–H groups in total. The Morgan fingerprint density at radius 2 is 1.95 bits per heavy atom. The Balaban J connectivity index is 2.03. The molecule has 1 fully saturated rings. The predicted molar refractivity (Wildman–Crippen MR) is 84.8 cm³/mol. The number of sulfonamides is 1. The maximum Gasteiger partial charge on any atom is 0.218 e. The van der Waals surface area contributed by atoms with E-state index in [1.165, 1.54) is 0 Å². The standard InChI is InChI=1S/C15H22ClNO3S/c1-2-20-15-4-3-9-17(11-15)21(18,19)12-14-7-5-13(10-16)6-8-14/h5-8,15H,2-4,9-12H2,1H3. The molecule has 0 aliphatic carbocycles. The largest absolute Gasteiger partial charge is 0.377 e. The third kappa shape index (κ3) is 4.68. The number of hydrogen-bond acceptors (Lipinski definition) is 3. The lowest BCUT2D eigenvalue weighted by atomic mass is 10.1. The molecule has 118 valence electrons. The van der Waals surface area contributed by atoms with Crippen molar-refractivity contribution < 1.29 is 13.2 Å². The minimum atomic E-state index is -3.29. The van der Waals surface area contributed by atoms with E-state index < -0.39 is 10.0 Å². The quantitative estimate of drug-likeness (QED) is 0.753. The van der Waals surface area contributed by atoms with Crippen LogP contribution in [0.3, 0.4) is 0 Å². The molecule has 21 heavy (non-hydrogen) atoms. The van der Waals surface area contributed by atoms with Gasteiger partial charge in [0.25, 0.3) is 0 Å². The fraction of sp³-hybridized carbons (Fsp3) is 0.600. The molecule has 4 nitrogen and oxygen atoms in total. The van der Waals surface area contributed by atoms with Gasteiger partial charge in [0.15, 0.2) is 0 Å². The first-order valence-electron chi connectivity index (χ1n) is 7.28. The molecule has 0 amide bonds. The summed E-state index contributed by atoms with van der Waals surface area (Å²) in [7, 11) is -3.29. The maximum absolute atomic E-state index is 12.5. The molecule has 1 atom stereocenters. The van der Waals surface area contributed by atoms with Crippen LogP contribution in [0.15, 0.2) is 24.3 Å². The number of rotatable bonds is 6. The zero-order valence-corrected chi connectivity index (χ0v) is 13.9. The Labute approximate surface area is 132 Å². The summed E-state index contributed by atoms with van der Waals surface area (Å²) in [6, 6.07) is 7.41. The van der Waals surface area contributed by atoms with Gasteiger partial charge in [-0.3, -0.25) is 0 Å². The lowest BCUT2D eigenvalue weighted by Gasteiger charge is -2.31. The summed E-state index contributed by atoms with van der Waals surface area (Å²) < 4.78 is 32.1. The van der Waals surface area contributed by atoms with Gasteiger partial charge in [-0.05, 0) is 30.9 Å². The van der Waals surface area contributed by atoms with E-state index in [1.807, 2.05) is 31.2 Å². The van der Waals surface area contributed by atoms with Gasteiger partial charge in [0.2, 0.25) is 10.0 Å². The normalized spacial score (nSPS) is 20.6. The molecule has 1 heterocycles. The summed E-state index contributed by atoms with van der Waals surface area (Å²) in [6.45, 7) is 3.62. The number of alkyl halides is 1. The van der Waals surface area contributed by atoms with E-state index in [2.05, 4.69) is 0 Å². The fourth-order valence-electron chi connectivity index (χ4n) is 2.56. The number of ether oxygens (including phenoxy) is 1. The summed E-state index contributed by atoms with van der Waals surface area (Å²) in [4.78, 5) is 0. The van der Waals surface area contributed by atoms with Gasteiger partial charge in [-0.2, -0.15) is 4.31 Å². The van der Waals surface area contributed by atoms with Crippen molar-refractivity contribution in [1.29, 1.82) is 0 Å². The number of piperidine rings is 1. The van der Waals surface area contributed by atoms with Crippen molar-refractivity contribution in [2.45, 2.75) is 37.5 Å². The second kappa shape index (κ2) is 7.58. The number of hydrogen-bond donors (Lipinski definition) is 0. The molecule has 0 bridgehead atoms. The minimum Gasteiger partial charge on any atom is -0.377 e. The molecule has 0 aromatic heterocycles. The zero-order chi connectivity index (χ0) is 15.3. The molecule has 1 aliphatic heterocycles. The van der Waals surface area contributed by atoms with Crippen LogP contribution in [0.25, 0.3) is 0 Å². The Bertz CT molecular complexity index is 543. The van der Waals surface area contributed by atoms with Gasteiger partial charge in [-0.1, -0.05) is 24.3 Å². The van der Waals surface area contributed by atoms with Crippen molar-refractivity contribution in [3.05, 3.63) is 35.4 Å². The highest BCUT2D eigenvalue weighted by atomic mass is 35.5. The van der Waals surface area contributed by atoms with Crippen molar-refractivity contribution in [2.75, 3.05) is 19.7 Å². The summed E-state index contributed by atoms with van der Waals surface area (Å²) in [5.41, 5.74) is 1.79. The lowest BCUT2D eigenvalue weighted by molar-refractivity contribution is 0.0264. The molecule has 1 aromatic rings. The molecule has 1 unspecified atom stereocenters. The van der Waals surface area contributed by atoms with Gasteiger partial charge in [0.1, 0.15) is 0 Å². The average Bonchev–Trinajstić information content (AvgIpc) is 2.48. The summed E-state index contributed by atoms with van der Waals surface area (Å²) in [6.07, 6.45) is 1.82. The first kappa shape index (κ1) is 16.7. The van der Waals surface area contributed by atoms with Crippen molar-refractivity contribution in [2.24, 2.45) is 0 Å². The first-order chi connectivity index (χ1) is 10.0. The van der Waals surface area contributed by atoms with Crippen LogP contribution in [0.1, 0.15) is 30.9 Å². The first-order valence-corrected chi connectivity index (χ1v) is 9.42. The SMILES string of the molecule is CCOC1CCCN(S(=O)(=O)Cc2ccc(CCl)cc2)C1. The van der Waals surface area contributed by atoms with Crippen LogP contribution >= 0.6 is 11.6 Å². The second-order valence-corrected chi connectivity index (χ2v) is 7.52. The van der Waals surface area contributed by atoms with Crippen LogP contribution in [-0.4, -0.2) is 38.5 Å². The molecule has 6 heteroatoms. The summed E-state index contributed by atoms with van der Waals surface area (Å²) >= 11 is 5.74. The van der Waals surface area contributed by atoms with Crippen LogP contribution in [0.2, 0.25) is 0 Å². The monoisotopic (exact) mass is 331 g/mol. The molecule has 0 radical (unpaired) electrons. The molecule has 1 saturated heterocycles. The highest BCUT2D eigenvalue weighted by Crippen LogP contribution is 2.19. The molecular formula is C15H22ClNO3S. The molecular weight excluding hydrogens is 310 g/mol. The van der Waals surface area contributed by atoms with Crippen molar-refractivity contribution in [3.63, 3.8) is 0 Å². The third-order valence-electron chi connectivity index (χ3n) is 3.66. The van der Waals surface area contributed by atoms with Crippen LogP contribution in [0, 0.1) is 0 Å². The summed E-state index contributed by atoms with van der Waals surface area (Å²) in [5, 5.41) is 0. The molecule has 0 spiro atoms. The number of nitrogens with zero attached hydrogens (tertiary/aromatic N) is 1. The molecule has 1 aromatic carbocycles. The number of halogens is 1. The van der Waals surface area contributed by atoms with Gasteiger partial charge in [-0.25, -0.2) is 8.42 Å². The second-order valence-electron chi connectivity index (χ2n) is 5.28. The zero-order valence-electron chi connectivity index (χ0n) is 12.3. The molecule has 2 rings (SSSR count). The Hall–Kier alpha value is -0.620. The minimum absolute atomic E-state index is 0.0251. The van der Waals surface area contributed by atoms with Gasteiger partial charge < -0.3 is 4.74 Å². The Morgan fingerprint density at radius 1 is 1.29 bits per heavy atom. The molecule has 1 aliphatic rings. The smallest absolute Gasteiger partial charge is 0.218 e. The van der Waals surface area contributed by atoms with Gasteiger partial charge in [0.05, 0.1) is 11.9 Å².